The van der Waals surface area contributed by atoms with Crippen LogP contribution in [0.1, 0.15) is 42.9 Å². The second-order valence-corrected chi connectivity index (χ2v) is 6.66. The van der Waals surface area contributed by atoms with Crippen LogP contribution in [-0.4, -0.2) is 26.9 Å². The van der Waals surface area contributed by atoms with Gasteiger partial charge in [0, 0.05) is 13.1 Å². The average molecular weight is 389 g/mol. The van der Waals surface area contributed by atoms with Crippen molar-refractivity contribution < 1.29 is 18.0 Å². The fourth-order valence-electron chi connectivity index (χ4n) is 3.26. The third kappa shape index (κ3) is 4.03. The smallest absolute Gasteiger partial charge is 0.257 e. The molecule has 1 heterocycles. The number of hydrogen-bond donors (Lipinski definition) is 0. The molecule has 0 aliphatic carbocycles. The Bertz CT molecular complexity index is 1000. The molecule has 3 rings (SSSR count). The van der Waals surface area contributed by atoms with E-state index in [1.165, 1.54) is 17.0 Å². The largest absolute Gasteiger partial charge is 0.331 e. The van der Waals surface area contributed by atoms with Crippen molar-refractivity contribution in [1.29, 1.82) is 0 Å². The van der Waals surface area contributed by atoms with Crippen LogP contribution in [0.3, 0.4) is 0 Å². The Morgan fingerprint density at radius 2 is 1.75 bits per heavy atom. The molecule has 7 heteroatoms. The maximum Gasteiger partial charge on any atom is 0.257 e. The van der Waals surface area contributed by atoms with Gasteiger partial charge in [0.2, 0.25) is 0 Å². The van der Waals surface area contributed by atoms with Crippen LogP contribution in [0.5, 0.6) is 0 Å². The molecule has 0 saturated carbocycles. The van der Waals surface area contributed by atoms with E-state index in [-0.39, 0.29) is 17.9 Å². The van der Waals surface area contributed by atoms with Crippen molar-refractivity contribution >= 4 is 16.9 Å². The Morgan fingerprint density at radius 3 is 2.46 bits per heavy atom. The van der Waals surface area contributed by atoms with Crippen LogP contribution in [0.25, 0.3) is 11.0 Å². The predicted octanol–water partition coefficient (Wildman–Crippen LogP) is 4.92. The third-order valence-electron chi connectivity index (χ3n) is 4.51. The Balaban J connectivity index is 1.99. The molecule has 1 amide bonds. The lowest BCUT2D eigenvalue weighted by atomic mass is 10.1. The van der Waals surface area contributed by atoms with Gasteiger partial charge < -0.3 is 9.47 Å². The lowest BCUT2D eigenvalue weighted by Gasteiger charge is -2.23. The van der Waals surface area contributed by atoms with Crippen LogP contribution < -0.4 is 0 Å². The number of hydrogen-bond acceptors (Lipinski definition) is 2. The highest BCUT2D eigenvalue weighted by Crippen LogP contribution is 2.21. The molecule has 0 saturated heterocycles. The standard InChI is InChI=1S/C21H22F3N3O/c1-3-9-26(21(28)16-11-14(22)5-7-17(16)24)13-20-25-18-8-6-15(23)12-19(18)27(20)10-4-2/h5-8,11-12H,3-4,9-10,13H2,1-2H3. The second kappa shape index (κ2) is 8.46. The van der Waals surface area contributed by atoms with E-state index in [4.69, 9.17) is 0 Å². The van der Waals surface area contributed by atoms with E-state index in [2.05, 4.69) is 4.98 Å². The van der Waals surface area contributed by atoms with Crippen molar-refractivity contribution in [3.05, 3.63) is 65.2 Å². The molecule has 0 unspecified atom stereocenters. The highest BCUT2D eigenvalue weighted by Gasteiger charge is 2.22. The van der Waals surface area contributed by atoms with Crippen LogP contribution in [0, 0.1) is 17.5 Å². The number of carbonyl (C=O) groups is 1. The SMILES string of the molecule is CCCN(Cc1nc2ccc(F)cc2n1CCC)C(=O)c1cc(F)ccc1F. The van der Waals surface area contributed by atoms with E-state index in [9.17, 15) is 18.0 Å². The molecule has 0 N–H and O–H groups in total. The number of nitrogens with zero attached hydrogens (tertiary/aromatic N) is 3. The van der Waals surface area contributed by atoms with Crippen molar-refractivity contribution in [2.75, 3.05) is 6.54 Å². The first-order valence-corrected chi connectivity index (χ1v) is 9.33. The zero-order valence-electron chi connectivity index (χ0n) is 15.9. The fourth-order valence-corrected chi connectivity index (χ4v) is 3.26. The summed E-state index contributed by atoms with van der Waals surface area (Å²) < 4.78 is 43.2. The number of aryl methyl sites for hydroxylation is 1. The molecule has 0 radical (unpaired) electrons. The monoisotopic (exact) mass is 389 g/mol. The van der Waals surface area contributed by atoms with Gasteiger partial charge in [-0.15, -0.1) is 0 Å². The van der Waals surface area contributed by atoms with E-state index in [1.54, 1.807) is 6.07 Å². The van der Waals surface area contributed by atoms with E-state index < -0.39 is 17.5 Å². The van der Waals surface area contributed by atoms with Gasteiger partial charge in [0.1, 0.15) is 23.3 Å². The Morgan fingerprint density at radius 1 is 1.04 bits per heavy atom. The summed E-state index contributed by atoms with van der Waals surface area (Å²) in [5, 5.41) is 0. The van der Waals surface area contributed by atoms with Gasteiger partial charge in [-0.05, 0) is 49.2 Å². The molecule has 0 fully saturated rings. The summed E-state index contributed by atoms with van der Waals surface area (Å²) in [6.45, 7) is 4.98. The summed E-state index contributed by atoms with van der Waals surface area (Å²) >= 11 is 0. The Kier molecular flexibility index (Phi) is 6.02. The molecule has 4 nitrogen and oxygen atoms in total. The van der Waals surface area contributed by atoms with Crippen LogP contribution in [0.2, 0.25) is 0 Å². The highest BCUT2D eigenvalue weighted by atomic mass is 19.1. The second-order valence-electron chi connectivity index (χ2n) is 6.66. The van der Waals surface area contributed by atoms with E-state index >= 15 is 0 Å². The lowest BCUT2D eigenvalue weighted by molar-refractivity contribution is 0.0732. The summed E-state index contributed by atoms with van der Waals surface area (Å²) in [6, 6.07) is 7.18. The first-order valence-electron chi connectivity index (χ1n) is 9.33. The number of rotatable bonds is 7. The minimum atomic E-state index is -0.767. The Hall–Kier alpha value is -2.83. The van der Waals surface area contributed by atoms with Crippen molar-refractivity contribution in [3.63, 3.8) is 0 Å². The van der Waals surface area contributed by atoms with Gasteiger partial charge in [-0.1, -0.05) is 13.8 Å². The maximum atomic E-state index is 14.1. The minimum absolute atomic E-state index is 0.124. The predicted molar refractivity (Wildman–Crippen MR) is 101 cm³/mol. The number of halogens is 3. The summed E-state index contributed by atoms with van der Waals surface area (Å²) in [6.07, 6.45) is 1.44. The molecule has 0 aliphatic rings. The minimum Gasteiger partial charge on any atom is -0.331 e. The third-order valence-corrected chi connectivity index (χ3v) is 4.51. The number of fused-ring (bicyclic) bond motifs is 1. The van der Waals surface area contributed by atoms with Crippen LogP contribution >= 0.6 is 0 Å². The molecule has 148 valence electrons. The summed E-state index contributed by atoms with van der Waals surface area (Å²) in [5.41, 5.74) is 0.973. The van der Waals surface area contributed by atoms with E-state index in [0.29, 0.717) is 36.4 Å². The quantitative estimate of drug-likeness (QED) is 0.576. The number of imidazole rings is 1. The molecule has 1 aromatic heterocycles. The number of carbonyl (C=O) groups excluding carboxylic acids is 1. The van der Waals surface area contributed by atoms with Gasteiger partial charge in [-0.2, -0.15) is 0 Å². The highest BCUT2D eigenvalue weighted by molar-refractivity contribution is 5.94. The first kappa shape index (κ1) is 19.9. The summed E-state index contributed by atoms with van der Waals surface area (Å²) in [4.78, 5) is 18.9. The van der Waals surface area contributed by atoms with Crippen molar-refractivity contribution in [3.8, 4) is 0 Å². The van der Waals surface area contributed by atoms with Gasteiger partial charge in [-0.3, -0.25) is 4.79 Å². The van der Waals surface area contributed by atoms with E-state index in [1.807, 2.05) is 18.4 Å². The van der Waals surface area contributed by atoms with Crippen molar-refractivity contribution in [1.82, 2.24) is 14.5 Å². The molecule has 0 spiro atoms. The number of amides is 1. The van der Waals surface area contributed by atoms with Crippen LogP contribution in [0.4, 0.5) is 13.2 Å². The number of benzene rings is 2. The zero-order chi connectivity index (χ0) is 20.3. The molecule has 28 heavy (non-hydrogen) atoms. The van der Waals surface area contributed by atoms with Crippen LogP contribution in [-0.2, 0) is 13.1 Å². The average Bonchev–Trinajstić information content (AvgIpc) is 3.00. The molecule has 0 aliphatic heterocycles. The Labute approximate surface area is 161 Å². The molecule has 0 bridgehead atoms. The molecule has 0 atom stereocenters. The maximum absolute atomic E-state index is 14.1. The zero-order valence-corrected chi connectivity index (χ0v) is 15.9. The van der Waals surface area contributed by atoms with Gasteiger partial charge in [0.15, 0.2) is 0 Å². The topological polar surface area (TPSA) is 38.1 Å². The van der Waals surface area contributed by atoms with Crippen molar-refractivity contribution in [2.45, 2.75) is 39.8 Å². The van der Waals surface area contributed by atoms with Gasteiger partial charge in [0.05, 0.1) is 23.1 Å². The normalized spacial score (nSPS) is 11.2. The fraction of sp³-hybridized carbons (Fsp3) is 0.333. The lowest BCUT2D eigenvalue weighted by Crippen LogP contribution is -2.33. The molecular formula is C21H22F3N3O. The van der Waals surface area contributed by atoms with Gasteiger partial charge in [0.25, 0.3) is 5.91 Å². The van der Waals surface area contributed by atoms with E-state index in [0.717, 1.165) is 24.6 Å². The summed E-state index contributed by atoms with van der Waals surface area (Å²) in [7, 11) is 0. The van der Waals surface area contributed by atoms with Crippen LogP contribution in [0.15, 0.2) is 36.4 Å². The first-order chi connectivity index (χ1) is 13.4. The summed E-state index contributed by atoms with van der Waals surface area (Å²) in [5.74, 6) is -1.81. The van der Waals surface area contributed by atoms with Gasteiger partial charge in [-0.25, -0.2) is 18.2 Å². The van der Waals surface area contributed by atoms with Crippen molar-refractivity contribution in [2.24, 2.45) is 0 Å². The number of aromatic nitrogens is 2. The molecular weight excluding hydrogens is 367 g/mol. The van der Waals surface area contributed by atoms with Gasteiger partial charge >= 0.3 is 0 Å². The molecule has 3 aromatic rings. The molecule has 2 aromatic carbocycles.